The average molecular weight is 306 g/mol. The fourth-order valence-corrected chi connectivity index (χ4v) is 2.00. The van der Waals surface area contributed by atoms with Crippen LogP contribution < -0.4 is 11.1 Å². The highest BCUT2D eigenvalue weighted by Gasteiger charge is 2.08. The zero-order chi connectivity index (χ0) is 13.1. The molecule has 0 atom stereocenters. The summed E-state index contributed by atoms with van der Waals surface area (Å²) in [5.74, 6) is -0.198. The maximum absolute atomic E-state index is 12.0. The molecule has 1 aromatic carbocycles. The second-order valence-electron chi connectivity index (χ2n) is 3.94. The molecule has 0 bridgehead atoms. The zero-order valence-electron chi connectivity index (χ0n) is 9.77. The molecule has 92 valence electrons. The van der Waals surface area contributed by atoms with E-state index in [2.05, 4.69) is 26.2 Å². The summed E-state index contributed by atoms with van der Waals surface area (Å²) in [6.45, 7) is 1.89. The Kier molecular flexibility index (Phi) is 3.62. The van der Waals surface area contributed by atoms with Crippen molar-refractivity contribution in [2.45, 2.75) is 6.92 Å². The van der Waals surface area contributed by atoms with Crippen molar-refractivity contribution >= 4 is 33.2 Å². The molecule has 0 saturated carbocycles. The topological polar surface area (TPSA) is 68.0 Å². The molecule has 3 N–H and O–H groups in total. The Morgan fingerprint density at radius 2 is 2.11 bits per heavy atom. The molecule has 0 aliphatic carbocycles. The number of benzene rings is 1. The Bertz CT molecular complexity index is 599. The number of amides is 1. The van der Waals surface area contributed by atoms with Crippen molar-refractivity contribution in [2.24, 2.45) is 0 Å². The summed E-state index contributed by atoms with van der Waals surface area (Å²) in [6.07, 6.45) is 3.24. The Morgan fingerprint density at radius 1 is 1.33 bits per heavy atom. The van der Waals surface area contributed by atoms with Crippen LogP contribution in [0.1, 0.15) is 15.9 Å². The van der Waals surface area contributed by atoms with Gasteiger partial charge in [-0.05, 0) is 52.7 Å². The predicted molar refractivity (Wildman–Crippen MR) is 75.5 cm³/mol. The first-order valence-electron chi connectivity index (χ1n) is 5.34. The van der Waals surface area contributed by atoms with Gasteiger partial charge in [0.1, 0.15) is 0 Å². The lowest BCUT2D eigenvalue weighted by atomic mass is 10.2. The molecule has 0 fully saturated rings. The third kappa shape index (κ3) is 2.87. The van der Waals surface area contributed by atoms with Crippen molar-refractivity contribution in [3.8, 4) is 0 Å². The van der Waals surface area contributed by atoms with E-state index in [1.807, 2.05) is 6.92 Å². The number of anilines is 2. The van der Waals surface area contributed by atoms with Gasteiger partial charge < -0.3 is 11.1 Å². The molecule has 5 heteroatoms. The molecule has 1 heterocycles. The maximum atomic E-state index is 12.0. The van der Waals surface area contributed by atoms with E-state index in [1.165, 1.54) is 6.20 Å². The lowest BCUT2D eigenvalue weighted by molar-refractivity contribution is 0.102. The van der Waals surface area contributed by atoms with E-state index in [-0.39, 0.29) is 5.91 Å². The van der Waals surface area contributed by atoms with E-state index in [0.29, 0.717) is 16.9 Å². The number of aromatic nitrogens is 1. The first-order chi connectivity index (χ1) is 8.56. The number of rotatable bonds is 2. The number of pyridine rings is 1. The standard InChI is InChI=1S/C13H12BrN3O/c1-8-4-9(7-16-6-8)13(18)17-12-3-2-10(15)5-11(12)14/h2-7H,15H2,1H3,(H,17,18). The number of hydrogen-bond donors (Lipinski definition) is 2. The number of aryl methyl sites for hydroxylation is 1. The summed E-state index contributed by atoms with van der Waals surface area (Å²) >= 11 is 3.35. The highest BCUT2D eigenvalue weighted by molar-refractivity contribution is 9.10. The molecule has 2 rings (SSSR count). The van der Waals surface area contributed by atoms with E-state index < -0.39 is 0 Å². The Balaban J connectivity index is 2.21. The number of nitrogens with two attached hydrogens (primary N) is 1. The zero-order valence-corrected chi connectivity index (χ0v) is 11.4. The van der Waals surface area contributed by atoms with Gasteiger partial charge in [-0.1, -0.05) is 0 Å². The molecule has 0 aliphatic heterocycles. The van der Waals surface area contributed by atoms with Gasteiger partial charge in [-0.3, -0.25) is 9.78 Å². The van der Waals surface area contributed by atoms with Crippen LogP contribution in [0.2, 0.25) is 0 Å². The van der Waals surface area contributed by atoms with Gasteiger partial charge in [0.25, 0.3) is 5.91 Å². The molecule has 0 unspecified atom stereocenters. The number of nitrogens with one attached hydrogen (secondary N) is 1. The number of nitrogen functional groups attached to an aromatic ring is 1. The number of hydrogen-bond acceptors (Lipinski definition) is 3. The van der Waals surface area contributed by atoms with Gasteiger partial charge in [0, 0.05) is 22.6 Å². The lowest BCUT2D eigenvalue weighted by Gasteiger charge is -2.08. The van der Waals surface area contributed by atoms with Crippen LogP contribution in [0.5, 0.6) is 0 Å². The third-order valence-electron chi connectivity index (χ3n) is 2.38. The number of carbonyl (C=O) groups excluding carboxylic acids is 1. The first kappa shape index (κ1) is 12.6. The molecule has 0 radical (unpaired) electrons. The van der Waals surface area contributed by atoms with Crippen molar-refractivity contribution < 1.29 is 4.79 Å². The SMILES string of the molecule is Cc1cncc(C(=O)Nc2ccc(N)cc2Br)c1. The monoisotopic (exact) mass is 305 g/mol. The smallest absolute Gasteiger partial charge is 0.257 e. The predicted octanol–water partition coefficient (Wildman–Crippen LogP) is 2.99. The van der Waals surface area contributed by atoms with Gasteiger partial charge in [-0.2, -0.15) is 0 Å². The molecule has 1 amide bonds. The highest BCUT2D eigenvalue weighted by Crippen LogP contribution is 2.25. The van der Waals surface area contributed by atoms with E-state index in [0.717, 1.165) is 10.0 Å². The molecular weight excluding hydrogens is 294 g/mol. The second-order valence-corrected chi connectivity index (χ2v) is 4.80. The maximum Gasteiger partial charge on any atom is 0.257 e. The first-order valence-corrected chi connectivity index (χ1v) is 6.13. The molecule has 1 aromatic heterocycles. The van der Waals surface area contributed by atoms with E-state index in [4.69, 9.17) is 5.73 Å². The fourth-order valence-electron chi connectivity index (χ4n) is 1.51. The van der Waals surface area contributed by atoms with Gasteiger partial charge >= 0.3 is 0 Å². The number of nitrogens with zero attached hydrogens (tertiary/aromatic N) is 1. The van der Waals surface area contributed by atoms with E-state index >= 15 is 0 Å². The van der Waals surface area contributed by atoms with Crippen LogP contribution in [-0.2, 0) is 0 Å². The molecular formula is C13H12BrN3O. The fraction of sp³-hybridized carbons (Fsp3) is 0.0769. The van der Waals surface area contributed by atoms with Crippen LogP contribution in [0, 0.1) is 6.92 Å². The Morgan fingerprint density at radius 3 is 2.78 bits per heavy atom. The van der Waals surface area contributed by atoms with Gasteiger partial charge in [0.2, 0.25) is 0 Å². The molecule has 0 saturated heterocycles. The summed E-state index contributed by atoms with van der Waals surface area (Å²) in [5, 5.41) is 2.80. The summed E-state index contributed by atoms with van der Waals surface area (Å²) in [4.78, 5) is 16.0. The van der Waals surface area contributed by atoms with Crippen molar-refractivity contribution in [1.29, 1.82) is 0 Å². The minimum Gasteiger partial charge on any atom is -0.399 e. The van der Waals surface area contributed by atoms with Crippen molar-refractivity contribution in [3.05, 3.63) is 52.3 Å². The summed E-state index contributed by atoms with van der Waals surface area (Å²) < 4.78 is 0.747. The Labute approximate surface area is 113 Å². The Hall–Kier alpha value is -1.88. The molecule has 2 aromatic rings. The van der Waals surface area contributed by atoms with Crippen LogP contribution >= 0.6 is 15.9 Å². The highest BCUT2D eigenvalue weighted by atomic mass is 79.9. The number of halogens is 1. The van der Waals surface area contributed by atoms with Gasteiger partial charge in [0.05, 0.1) is 11.3 Å². The van der Waals surface area contributed by atoms with Gasteiger partial charge in [-0.25, -0.2) is 0 Å². The van der Waals surface area contributed by atoms with Gasteiger partial charge in [-0.15, -0.1) is 0 Å². The van der Waals surface area contributed by atoms with Crippen LogP contribution in [0.15, 0.2) is 41.1 Å². The van der Waals surface area contributed by atoms with Crippen molar-refractivity contribution in [2.75, 3.05) is 11.1 Å². The largest absolute Gasteiger partial charge is 0.399 e. The lowest BCUT2D eigenvalue weighted by Crippen LogP contribution is -2.12. The van der Waals surface area contributed by atoms with Crippen LogP contribution in [0.25, 0.3) is 0 Å². The summed E-state index contributed by atoms with van der Waals surface area (Å²) in [6, 6.07) is 7.01. The quantitative estimate of drug-likeness (QED) is 0.838. The minimum absolute atomic E-state index is 0.198. The molecule has 0 spiro atoms. The van der Waals surface area contributed by atoms with E-state index in [1.54, 1.807) is 30.5 Å². The molecule has 4 nitrogen and oxygen atoms in total. The van der Waals surface area contributed by atoms with Crippen LogP contribution in [0.4, 0.5) is 11.4 Å². The average Bonchev–Trinajstić information content (AvgIpc) is 2.32. The van der Waals surface area contributed by atoms with Gasteiger partial charge in [0.15, 0.2) is 0 Å². The van der Waals surface area contributed by atoms with Crippen molar-refractivity contribution in [1.82, 2.24) is 4.98 Å². The van der Waals surface area contributed by atoms with Crippen molar-refractivity contribution in [3.63, 3.8) is 0 Å². The normalized spacial score (nSPS) is 10.1. The van der Waals surface area contributed by atoms with Crippen LogP contribution in [-0.4, -0.2) is 10.9 Å². The summed E-state index contributed by atoms with van der Waals surface area (Å²) in [7, 11) is 0. The van der Waals surface area contributed by atoms with E-state index in [9.17, 15) is 4.79 Å². The summed E-state index contributed by atoms with van der Waals surface area (Å²) in [5.41, 5.74) is 8.42. The second kappa shape index (κ2) is 5.18. The third-order valence-corrected chi connectivity index (χ3v) is 3.03. The minimum atomic E-state index is -0.198. The van der Waals surface area contributed by atoms with Crippen LogP contribution in [0.3, 0.4) is 0 Å². The molecule has 18 heavy (non-hydrogen) atoms. The molecule has 0 aliphatic rings. The number of carbonyl (C=O) groups is 1.